The minimum absolute atomic E-state index is 0.568. The largest absolute Gasteiger partial charge is 0.325 e. The van der Waals surface area contributed by atoms with Crippen molar-refractivity contribution in [1.82, 2.24) is 20.2 Å². The lowest BCUT2D eigenvalue weighted by Gasteiger charge is -2.09. The fraction of sp³-hybridized carbons (Fsp3) is 0.188. The topological polar surface area (TPSA) is 66.5 Å². The summed E-state index contributed by atoms with van der Waals surface area (Å²) in [5, 5.41) is 9.83. The Morgan fingerprint density at radius 1 is 1.23 bits per heavy atom. The van der Waals surface area contributed by atoms with Crippen LogP contribution >= 0.6 is 0 Å². The Hall–Kier alpha value is -2.76. The van der Waals surface area contributed by atoms with Gasteiger partial charge in [0.15, 0.2) is 0 Å². The van der Waals surface area contributed by atoms with Crippen molar-refractivity contribution in [1.29, 1.82) is 0 Å². The fourth-order valence-electron chi connectivity index (χ4n) is 2.16. The van der Waals surface area contributed by atoms with Gasteiger partial charge in [-0.2, -0.15) is 5.10 Å². The van der Waals surface area contributed by atoms with Crippen LogP contribution in [-0.4, -0.2) is 20.2 Å². The molecule has 3 aromatic rings. The summed E-state index contributed by atoms with van der Waals surface area (Å²) < 4.78 is 13.4. The molecule has 6 heteroatoms. The Morgan fingerprint density at radius 2 is 2.09 bits per heavy atom. The summed E-state index contributed by atoms with van der Waals surface area (Å²) in [5.74, 6) is 1.23. The maximum Gasteiger partial charge on any atom is 0.132 e. The normalized spacial score (nSPS) is 12.1. The number of alkyl halides is 1. The molecular weight excluding hydrogens is 281 g/mol. The first-order valence-electron chi connectivity index (χ1n) is 6.97. The summed E-state index contributed by atoms with van der Waals surface area (Å²) in [6.45, 7) is 3.49. The average molecular weight is 297 g/mol. The third-order valence-corrected chi connectivity index (χ3v) is 3.26. The molecule has 0 saturated carbocycles. The molecule has 1 atom stereocenters. The van der Waals surface area contributed by atoms with E-state index in [-0.39, 0.29) is 0 Å². The van der Waals surface area contributed by atoms with Crippen molar-refractivity contribution in [2.75, 3.05) is 5.32 Å². The highest BCUT2D eigenvalue weighted by molar-refractivity contribution is 5.63. The van der Waals surface area contributed by atoms with E-state index >= 15 is 0 Å². The van der Waals surface area contributed by atoms with Crippen LogP contribution in [0.15, 0.2) is 42.9 Å². The van der Waals surface area contributed by atoms with Crippen molar-refractivity contribution in [3.05, 3.63) is 54.0 Å². The van der Waals surface area contributed by atoms with E-state index in [1.807, 2.05) is 19.1 Å². The van der Waals surface area contributed by atoms with E-state index in [0.29, 0.717) is 17.2 Å². The fourth-order valence-corrected chi connectivity index (χ4v) is 2.16. The molecule has 0 bridgehead atoms. The summed E-state index contributed by atoms with van der Waals surface area (Å²) >= 11 is 0. The van der Waals surface area contributed by atoms with E-state index in [9.17, 15) is 4.39 Å². The van der Waals surface area contributed by atoms with Crippen LogP contribution in [0.1, 0.15) is 24.2 Å². The first-order chi connectivity index (χ1) is 10.6. The van der Waals surface area contributed by atoms with Crippen molar-refractivity contribution in [3.63, 3.8) is 0 Å². The standard InChI is InChI=1S/C16H16FN5/c1-10-5-14(13-8-19-20-9-13)21-16(6-10)22-15-7-12(11(2)17)3-4-18-15/h3-9,11H,1-2H3,(H,19,20)(H,18,21,22). The molecule has 0 aliphatic carbocycles. The summed E-state index contributed by atoms with van der Waals surface area (Å²) in [5.41, 5.74) is 3.36. The highest BCUT2D eigenvalue weighted by Gasteiger charge is 2.07. The van der Waals surface area contributed by atoms with Gasteiger partial charge in [-0.15, -0.1) is 0 Å². The predicted octanol–water partition coefficient (Wildman–Crippen LogP) is 3.95. The van der Waals surface area contributed by atoms with Crippen LogP contribution in [0.25, 0.3) is 11.3 Å². The van der Waals surface area contributed by atoms with E-state index in [4.69, 9.17) is 0 Å². The molecule has 3 aromatic heterocycles. The van der Waals surface area contributed by atoms with Crippen LogP contribution < -0.4 is 5.32 Å². The molecule has 0 aliphatic heterocycles. The van der Waals surface area contributed by atoms with Crippen LogP contribution in [0, 0.1) is 6.92 Å². The van der Waals surface area contributed by atoms with Gasteiger partial charge in [-0.1, -0.05) is 0 Å². The second-order valence-electron chi connectivity index (χ2n) is 5.12. The Bertz CT molecular complexity index is 768. The van der Waals surface area contributed by atoms with E-state index in [1.165, 1.54) is 6.92 Å². The van der Waals surface area contributed by atoms with Crippen LogP contribution in [0.2, 0.25) is 0 Å². The first kappa shape index (κ1) is 14.2. The van der Waals surface area contributed by atoms with Crippen molar-refractivity contribution < 1.29 is 4.39 Å². The predicted molar refractivity (Wildman–Crippen MR) is 83.6 cm³/mol. The van der Waals surface area contributed by atoms with Gasteiger partial charge in [0.05, 0.1) is 11.9 Å². The zero-order valence-corrected chi connectivity index (χ0v) is 12.3. The number of nitrogens with one attached hydrogen (secondary N) is 2. The number of pyridine rings is 2. The summed E-state index contributed by atoms with van der Waals surface area (Å²) in [7, 11) is 0. The lowest BCUT2D eigenvalue weighted by molar-refractivity contribution is 0.374. The molecule has 3 heterocycles. The van der Waals surface area contributed by atoms with Gasteiger partial charge in [0.2, 0.25) is 0 Å². The van der Waals surface area contributed by atoms with E-state index in [1.54, 1.807) is 30.7 Å². The average Bonchev–Trinajstić information content (AvgIpc) is 3.01. The first-order valence-corrected chi connectivity index (χ1v) is 6.97. The van der Waals surface area contributed by atoms with Crippen molar-refractivity contribution in [3.8, 4) is 11.3 Å². The Labute approximate surface area is 127 Å². The van der Waals surface area contributed by atoms with E-state index < -0.39 is 6.17 Å². The van der Waals surface area contributed by atoms with Gasteiger partial charge in [-0.05, 0) is 49.2 Å². The number of halogens is 1. The molecule has 1 unspecified atom stereocenters. The number of nitrogens with zero attached hydrogens (tertiary/aromatic N) is 3. The SMILES string of the molecule is Cc1cc(Nc2cc(C(C)F)ccn2)nc(-c2cn[nH]c2)c1. The molecule has 22 heavy (non-hydrogen) atoms. The van der Waals surface area contributed by atoms with Gasteiger partial charge >= 0.3 is 0 Å². The second kappa shape index (κ2) is 5.93. The Kier molecular flexibility index (Phi) is 3.82. The maximum atomic E-state index is 13.4. The van der Waals surface area contributed by atoms with Gasteiger partial charge in [0.1, 0.15) is 17.8 Å². The highest BCUT2D eigenvalue weighted by atomic mass is 19.1. The lowest BCUT2D eigenvalue weighted by atomic mass is 10.1. The molecular formula is C16H16FN5. The third kappa shape index (κ3) is 3.11. The molecule has 112 valence electrons. The van der Waals surface area contributed by atoms with Crippen LogP contribution in [0.5, 0.6) is 0 Å². The van der Waals surface area contributed by atoms with Crippen LogP contribution in [0.4, 0.5) is 16.0 Å². The van der Waals surface area contributed by atoms with Crippen molar-refractivity contribution in [2.24, 2.45) is 0 Å². The highest BCUT2D eigenvalue weighted by Crippen LogP contribution is 2.23. The zero-order valence-electron chi connectivity index (χ0n) is 12.3. The number of hydrogen-bond donors (Lipinski definition) is 2. The lowest BCUT2D eigenvalue weighted by Crippen LogP contribution is -1.99. The van der Waals surface area contributed by atoms with Gasteiger partial charge in [0, 0.05) is 18.0 Å². The molecule has 0 amide bonds. The van der Waals surface area contributed by atoms with Gasteiger partial charge < -0.3 is 5.32 Å². The molecule has 0 spiro atoms. The van der Waals surface area contributed by atoms with Crippen molar-refractivity contribution >= 4 is 11.6 Å². The Morgan fingerprint density at radius 3 is 2.82 bits per heavy atom. The molecule has 0 aliphatic rings. The number of hydrogen-bond acceptors (Lipinski definition) is 4. The second-order valence-corrected chi connectivity index (χ2v) is 5.12. The summed E-state index contributed by atoms with van der Waals surface area (Å²) in [4.78, 5) is 8.74. The van der Waals surface area contributed by atoms with E-state index in [0.717, 1.165) is 16.8 Å². The third-order valence-electron chi connectivity index (χ3n) is 3.26. The molecule has 2 N–H and O–H groups in total. The minimum atomic E-state index is -1.03. The number of H-pyrrole nitrogens is 1. The summed E-state index contributed by atoms with van der Waals surface area (Å²) in [6, 6.07) is 7.24. The Balaban J connectivity index is 1.91. The van der Waals surface area contributed by atoms with Crippen molar-refractivity contribution in [2.45, 2.75) is 20.0 Å². The number of anilines is 2. The van der Waals surface area contributed by atoms with Gasteiger partial charge in [-0.25, -0.2) is 14.4 Å². The number of aryl methyl sites for hydroxylation is 1. The minimum Gasteiger partial charge on any atom is -0.325 e. The number of aromatic amines is 1. The van der Waals surface area contributed by atoms with Gasteiger partial charge in [-0.3, -0.25) is 5.10 Å². The van der Waals surface area contributed by atoms with Crippen LogP contribution in [-0.2, 0) is 0 Å². The molecule has 5 nitrogen and oxygen atoms in total. The van der Waals surface area contributed by atoms with E-state index in [2.05, 4.69) is 25.5 Å². The van der Waals surface area contributed by atoms with Crippen LogP contribution in [0.3, 0.4) is 0 Å². The quantitative estimate of drug-likeness (QED) is 0.765. The monoisotopic (exact) mass is 297 g/mol. The maximum absolute atomic E-state index is 13.4. The smallest absolute Gasteiger partial charge is 0.132 e. The zero-order chi connectivity index (χ0) is 15.5. The number of rotatable bonds is 4. The number of aromatic nitrogens is 4. The molecule has 0 aromatic carbocycles. The molecule has 0 fully saturated rings. The molecule has 3 rings (SSSR count). The van der Waals surface area contributed by atoms with Gasteiger partial charge in [0.25, 0.3) is 0 Å². The summed E-state index contributed by atoms with van der Waals surface area (Å²) in [6.07, 6.45) is 4.06. The molecule has 0 saturated heterocycles. The molecule has 0 radical (unpaired) electrons.